The highest BCUT2D eigenvalue weighted by atomic mass is 79.9. The van der Waals surface area contributed by atoms with Crippen LogP contribution in [0.1, 0.15) is 18.4 Å². The third-order valence-electron chi connectivity index (χ3n) is 7.41. The summed E-state index contributed by atoms with van der Waals surface area (Å²) in [6.45, 7) is 0. The predicted molar refractivity (Wildman–Crippen MR) is 164 cm³/mol. The molecule has 0 spiro atoms. The van der Waals surface area contributed by atoms with Crippen molar-refractivity contribution in [3.8, 4) is 33.4 Å². The number of benzene rings is 5. The van der Waals surface area contributed by atoms with E-state index in [1.54, 1.807) is 0 Å². The van der Waals surface area contributed by atoms with Gasteiger partial charge in [0.1, 0.15) is 11.2 Å². The highest BCUT2D eigenvalue weighted by Crippen LogP contribution is 2.40. The summed E-state index contributed by atoms with van der Waals surface area (Å²) < 4.78 is 7.18. The maximum Gasteiger partial charge on any atom is 0.136 e. The number of fused-ring (bicyclic) bond motifs is 3. The van der Waals surface area contributed by atoms with Crippen LogP contribution in [0, 0.1) is 0 Å². The Kier molecular flexibility index (Phi) is 5.83. The van der Waals surface area contributed by atoms with Crippen LogP contribution < -0.4 is 0 Å². The van der Waals surface area contributed by atoms with E-state index in [1.165, 1.54) is 44.5 Å². The van der Waals surface area contributed by atoms with Crippen LogP contribution in [0.4, 0.5) is 0 Å². The lowest BCUT2D eigenvalue weighted by Crippen LogP contribution is -1.89. The van der Waals surface area contributed by atoms with E-state index >= 15 is 0 Å². The Bertz CT molecular complexity index is 1850. The van der Waals surface area contributed by atoms with Crippen LogP contribution in [0.5, 0.6) is 0 Å². The Morgan fingerprint density at radius 2 is 1.34 bits per heavy atom. The number of rotatable bonds is 4. The van der Waals surface area contributed by atoms with Gasteiger partial charge in [-0.3, -0.25) is 0 Å². The van der Waals surface area contributed by atoms with E-state index in [2.05, 4.69) is 131 Å². The summed E-state index contributed by atoms with van der Waals surface area (Å²) in [5, 5.41) is 2.24. The molecule has 7 rings (SSSR count). The van der Waals surface area contributed by atoms with Crippen LogP contribution in [-0.2, 0) is 0 Å². The second-order valence-corrected chi connectivity index (χ2v) is 10.6. The van der Waals surface area contributed by atoms with Crippen molar-refractivity contribution in [1.82, 2.24) is 0 Å². The van der Waals surface area contributed by atoms with Gasteiger partial charge in [-0.05, 0) is 87.7 Å². The normalized spacial score (nSPS) is 13.2. The van der Waals surface area contributed by atoms with E-state index in [4.69, 9.17) is 4.42 Å². The standard InChI is InChI=1S/C36H25BrO/c37-33-12-7-13-35-36(33)32-23-29(19-21-34(32)38-35)30-20-18-28(22-31(30)27-10-5-2-6-11-27)26-16-14-25(15-17-26)24-8-3-1-4-9-24/h2-3,5-23H,1,4H2. The number of allylic oxidation sites excluding steroid dienone is 4. The molecule has 5 aromatic carbocycles. The molecule has 0 N–H and O–H groups in total. The fraction of sp³-hybridized carbons (Fsp3) is 0.0556. The van der Waals surface area contributed by atoms with Crippen molar-refractivity contribution >= 4 is 43.4 Å². The van der Waals surface area contributed by atoms with Crippen molar-refractivity contribution in [2.45, 2.75) is 12.8 Å². The first-order valence-corrected chi connectivity index (χ1v) is 13.8. The maximum absolute atomic E-state index is 6.13. The summed E-state index contributed by atoms with van der Waals surface area (Å²) in [5.41, 5.74) is 11.6. The Morgan fingerprint density at radius 3 is 2.16 bits per heavy atom. The first-order valence-electron chi connectivity index (χ1n) is 13.0. The number of hydrogen-bond acceptors (Lipinski definition) is 1. The molecular weight excluding hydrogens is 528 g/mol. The molecule has 0 saturated heterocycles. The molecule has 0 bridgehead atoms. The largest absolute Gasteiger partial charge is 0.456 e. The van der Waals surface area contributed by atoms with Crippen molar-refractivity contribution < 1.29 is 4.42 Å². The van der Waals surface area contributed by atoms with Crippen LogP contribution in [-0.4, -0.2) is 0 Å². The molecule has 182 valence electrons. The molecule has 0 saturated carbocycles. The van der Waals surface area contributed by atoms with Crippen molar-refractivity contribution in [2.24, 2.45) is 0 Å². The molecule has 0 atom stereocenters. The zero-order valence-electron chi connectivity index (χ0n) is 20.8. The van der Waals surface area contributed by atoms with Gasteiger partial charge >= 0.3 is 0 Å². The van der Waals surface area contributed by atoms with Crippen LogP contribution in [0.3, 0.4) is 0 Å². The summed E-state index contributed by atoms with van der Waals surface area (Å²) >= 11 is 3.73. The summed E-state index contributed by atoms with van der Waals surface area (Å²) in [4.78, 5) is 0. The van der Waals surface area contributed by atoms with Gasteiger partial charge in [-0.25, -0.2) is 0 Å². The highest BCUT2D eigenvalue weighted by Gasteiger charge is 2.14. The smallest absolute Gasteiger partial charge is 0.136 e. The van der Waals surface area contributed by atoms with Crippen LogP contribution >= 0.6 is 15.9 Å². The van der Waals surface area contributed by atoms with Crippen molar-refractivity contribution in [3.05, 3.63) is 137 Å². The lowest BCUT2D eigenvalue weighted by Gasteiger charge is -2.14. The van der Waals surface area contributed by atoms with Crippen molar-refractivity contribution in [1.29, 1.82) is 0 Å². The molecule has 6 aromatic rings. The minimum Gasteiger partial charge on any atom is -0.456 e. The second-order valence-electron chi connectivity index (χ2n) is 9.77. The average Bonchev–Trinajstić information content (AvgIpc) is 3.37. The van der Waals surface area contributed by atoms with Crippen LogP contribution in [0.15, 0.2) is 136 Å². The summed E-state index contributed by atoms with van der Waals surface area (Å²) in [6.07, 6.45) is 9.08. The quantitative estimate of drug-likeness (QED) is 0.212. The molecule has 1 aliphatic carbocycles. The minimum absolute atomic E-state index is 0.896. The predicted octanol–water partition coefficient (Wildman–Crippen LogP) is 11.1. The highest BCUT2D eigenvalue weighted by molar-refractivity contribution is 9.10. The van der Waals surface area contributed by atoms with Gasteiger partial charge in [-0.2, -0.15) is 0 Å². The molecular formula is C36H25BrO. The van der Waals surface area contributed by atoms with E-state index in [9.17, 15) is 0 Å². The van der Waals surface area contributed by atoms with E-state index in [0.717, 1.165) is 39.3 Å². The zero-order chi connectivity index (χ0) is 25.5. The molecule has 0 unspecified atom stereocenters. The second kappa shape index (κ2) is 9.63. The molecule has 0 radical (unpaired) electrons. The third kappa shape index (κ3) is 4.12. The Morgan fingerprint density at radius 1 is 0.553 bits per heavy atom. The molecule has 0 amide bonds. The summed E-state index contributed by atoms with van der Waals surface area (Å²) in [5.74, 6) is 0. The van der Waals surface area contributed by atoms with Gasteiger partial charge in [0.25, 0.3) is 0 Å². The SMILES string of the molecule is Brc1cccc2oc3ccc(-c4ccc(-c5ccc(C6=CCCC=C6)cc5)cc4-c4ccccc4)cc3c12. The first-order chi connectivity index (χ1) is 18.7. The third-order valence-corrected chi connectivity index (χ3v) is 8.07. The fourth-order valence-electron chi connectivity index (χ4n) is 5.47. The number of hydrogen-bond donors (Lipinski definition) is 0. The van der Waals surface area contributed by atoms with E-state index < -0.39 is 0 Å². The van der Waals surface area contributed by atoms with Gasteiger partial charge in [0, 0.05) is 15.2 Å². The number of furan rings is 1. The van der Waals surface area contributed by atoms with Gasteiger partial charge in [0.15, 0.2) is 0 Å². The van der Waals surface area contributed by atoms with Gasteiger partial charge in [0.05, 0.1) is 0 Å². The molecule has 0 aliphatic heterocycles. The Labute approximate surface area is 230 Å². The summed E-state index contributed by atoms with van der Waals surface area (Å²) in [7, 11) is 0. The lowest BCUT2D eigenvalue weighted by molar-refractivity contribution is 0.669. The fourth-order valence-corrected chi connectivity index (χ4v) is 6.03. The van der Waals surface area contributed by atoms with Crippen LogP contribution in [0.25, 0.3) is 60.9 Å². The van der Waals surface area contributed by atoms with E-state index in [-0.39, 0.29) is 0 Å². The van der Waals surface area contributed by atoms with Gasteiger partial charge < -0.3 is 4.42 Å². The molecule has 1 nitrogen and oxygen atoms in total. The average molecular weight is 553 g/mol. The van der Waals surface area contributed by atoms with Crippen LogP contribution in [0.2, 0.25) is 0 Å². The molecule has 2 heteroatoms. The van der Waals surface area contributed by atoms with Gasteiger partial charge in [-0.1, -0.05) is 113 Å². The minimum atomic E-state index is 0.896. The lowest BCUT2D eigenvalue weighted by atomic mass is 9.90. The summed E-state index contributed by atoms with van der Waals surface area (Å²) in [6, 6.07) is 39.1. The van der Waals surface area contributed by atoms with Gasteiger partial charge in [-0.15, -0.1) is 0 Å². The zero-order valence-corrected chi connectivity index (χ0v) is 22.4. The van der Waals surface area contributed by atoms with Crippen molar-refractivity contribution in [3.63, 3.8) is 0 Å². The molecule has 1 aromatic heterocycles. The maximum atomic E-state index is 6.13. The number of halogens is 1. The molecule has 38 heavy (non-hydrogen) atoms. The van der Waals surface area contributed by atoms with E-state index in [1.807, 2.05) is 12.1 Å². The Balaban J connectivity index is 1.35. The first kappa shape index (κ1) is 23.0. The molecule has 0 fully saturated rings. The van der Waals surface area contributed by atoms with Crippen molar-refractivity contribution in [2.75, 3.05) is 0 Å². The van der Waals surface area contributed by atoms with E-state index in [0.29, 0.717) is 0 Å². The molecule has 1 heterocycles. The Hall–Kier alpha value is -4.14. The monoisotopic (exact) mass is 552 g/mol. The van der Waals surface area contributed by atoms with Gasteiger partial charge in [0.2, 0.25) is 0 Å². The topological polar surface area (TPSA) is 13.1 Å². The molecule has 1 aliphatic rings.